The van der Waals surface area contributed by atoms with Crippen LogP contribution in [0.3, 0.4) is 0 Å². The van der Waals surface area contributed by atoms with Crippen molar-refractivity contribution in [2.45, 2.75) is 26.8 Å². The summed E-state index contributed by atoms with van der Waals surface area (Å²) >= 11 is 0. The lowest BCUT2D eigenvalue weighted by Gasteiger charge is -2.06. The lowest BCUT2D eigenvalue weighted by atomic mass is 10.1. The Morgan fingerprint density at radius 1 is 1.10 bits per heavy atom. The number of nitrogens with one attached hydrogen (secondary N) is 1. The van der Waals surface area contributed by atoms with Gasteiger partial charge in [-0.1, -0.05) is 24.3 Å². The van der Waals surface area contributed by atoms with Gasteiger partial charge in [0.15, 0.2) is 17.0 Å². The minimum Gasteiger partial charge on any atom is -0.338 e. The van der Waals surface area contributed by atoms with Gasteiger partial charge in [0.2, 0.25) is 0 Å². The van der Waals surface area contributed by atoms with Crippen LogP contribution in [-0.2, 0) is 13.0 Å². The fraction of sp³-hybridized carbons (Fsp3) is 0.286. The molecule has 20 heavy (non-hydrogen) atoms. The molecular formula is C14H16N6. The van der Waals surface area contributed by atoms with Crippen LogP contribution in [0.25, 0.3) is 11.2 Å². The maximum absolute atomic E-state index is 4.25. The predicted molar refractivity (Wildman–Crippen MR) is 77.9 cm³/mol. The molecule has 3 rings (SSSR count). The number of aromatic nitrogens is 5. The molecule has 0 saturated carbocycles. The number of hydrogen-bond acceptors (Lipinski definition) is 5. The average Bonchev–Trinajstić information content (AvgIpc) is 2.92. The molecule has 0 radical (unpaired) electrons. The molecule has 0 unspecified atom stereocenters. The van der Waals surface area contributed by atoms with Gasteiger partial charge in [-0.2, -0.15) is 0 Å². The summed E-state index contributed by atoms with van der Waals surface area (Å²) in [6.45, 7) is 4.88. The maximum atomic E-state index is 4.25. The minimum absolute atomic E-state index is 0.680. The number of anilines is 2. The second-order valence-corrected chi connectivity index (χ2v) is 4.48. The Morgan fingerprint density at radius 2 is 1.90 bits per heavy atom. The molecule has 1 aromatic carbocycles. The fourth-order valence-electron chi connectivity index (χ4n) is 2.06. The first-order valence-electron chi connectivity index (χ1n) is 6.72. The van der Waals surface area contributed by atoms with Crippen LogP contribution >= 0.6 is 0 Å². The van der Waals surface area contributed by atoms with E-state index in [1.165, 1.54) is 11.9 Å². The number of benzene rings is 1. The van der Waals surface area contributed by atoms with Gasteiger partial charge in [0.25, 0.3) is 0 Å². The van der Waals surface area contributed by atoms with E-state index in [2.05, 4.69) is 44.7 Å². The Labute approximate surface area is 116 Å². The number of aryl methyl sites for hydroxylation is 2. The van der Waals surface area contributed by atoms with E-state index >= 15 is 0 Å². The van der Waals surface area contributed by atoms with Crippen LogP contribution in [0.15, 0.2) is 30.6 Å². The third kappa shape index (κ3) is 2.20. The molecule has 6 nitrogen and oxygen atoms in total. The molecule has 2 aromatic heterocycles. The average molecular weight is 268 g/mol. The fourth-order valence-corrected chi connectivity index (χ4v) is 2.06. The second kappa shape index (κ2) is 5.24. The summed E-state index contributed by atoms with van der Waals surface area (Å²) < 4.78 is 1.75. The zero-order chi connectivity index (χ0) is 13.9. The monoisotopic (exact) mass is 268 g/mol. The SMILES string of the molecule is CCc1ccc(Nc2ncnc3c2nnn3CC)cc1. The molecule has 6 heteroatoms. The van der Waals surface area contributed by atoms with E-state index in [9.17, 15) is 0 Å². The van der Waals surface area contributed by atoms with Crippen molar-refractivity contribution < 1.29 is 0 Å². The van der Waals surface area contributed by atoms with Crippen LogP contribution in [0.1, 0.15) is 19.4 Å². The molecule has 0 aliphatic heterocycles. The third-order valence-electron chi connectivity index (χ3n) is 3.22. The van der Waals surface area contributed by atoms with Crippen LogP contribution in [0, 0.1) is 0 Å². The summed E-state index contributed by atoms with van der Waals surface area (Å²) in [7, 11) is 0. The van der Waals surface area contributed by atoms with Gasteiger partial charge >= 0.3 is 0 Å². The number of hydrogen-bond donors (Lipinski definition) is 1. The molecule has 1 N–H and O–H groups in total. The van der Waals surface area contributed by atoms with E-state index in [-0.39, 0.29) is 0 Å². The standard InChI is InChI=1S/C14H16N6/c1-3-10-5-7-11(8-6-10)17-13-12-14(16-9-15-13)20(4-2)19-18-12/h5-9H,3-4H2,1-2H3,(H,15,16,17). The summed E-state index contributed by atoms with van der Waals surface area (Å²) in [5.74, 6) is 0.680. The van der Waals surface area contributed by atoms with E-state index in [0.29, 0.717) is 11.3 Å². The van der Waals surface area contributed by atoms with Gasteiger partial charge in [0.05, 0.1) is 0 Å². The Bertz CT molecular complexity index is 716. The van der Waals surface area contributed by atoms with E-state index in [0.717, 1.165) is 24.3 Å². The van der Waals surface area contributed by atoms with Crippen LogP contribution in [-0.4, -0.2) is 25.0 Å². The molecule has 0 spiro atoms. The van der Waals surface area contributed by atoms with Gasteiger partial charge in [-0.25, -0.2) is 14.6 Å². The van der Waals surface area contributed by atoms with Crippen molar-refractivity contribution >= 4 is 22.7 Å². The molecule has 0 bridgehead atoms. The molecule has 0 saturated heterocycles. The first kappa shape index (κ1) is 12.5. The van der Waals surface area contributed by atoms with Gasteiger partial charge in [0.1, 0.15) is 6.33 Å². The van der Waals surface area contributed by atoms with Gasteiger partial charge in [0, 0.05) is 12.2 Å². The molecular weight excluding hydrogens is 252 g/mol. The van der Waals surface area contributed by atoms with Crippen molar-refractivity contribution in [2.75, 3.05) is 5.32 Å². The predicted octanol–water partition coefficient (Wildman–Crippen LogP) is 2.55. The highest BCUT2D eigenvalue weighted by molar-refractivity contribution is 5.84. The molecule has 0 fully saturated rings. The van der Waals surface area contributed by atoms with Crippen LogP contribution in [0.5, 0.6) is 0 Å². The van der Waals surface area contributed by atoms with Crippen molar-refractivity contribution in [1.82, 2.24) is 25.0 Å². The first-order valence-corrected chi connectivity index (χ1v) is 6.72. The summed E-state index contributed by atoms with van der Waals surface area (Å²) in [6.07, 6.45) is 2.56. The van der Waals surface area contributed by atoms with E-state index in [1.54, 1.807) is 4.68 Å². The number of rotatable bonds is 4. The van der Waals surface area contributed by atoms with Crippen molar-refractivity contribution in [3.05, 3.63) is 36.2 Å². The molecule has 2 heterocycles. The summed E-state index contributed by atoms with van der Waals surface area (Å²) in [5, 5.41) is 11.5. The lowest BCUT2D eigenvalue weighted by Crippen LogP contribution is -1.99. The molecule has 3 aromatic rings. The molecule has 0 atom stereocenters. The van der Waals surface area contributed by atoms with Crippen molar-refractivity contribution in [1.29, 1.82) is 0 Å². The lowest BCUT2D eigenvalue weighted by molar-refractivity contribution is 0.641. The van der Waals surface area contributed by atoms with E-state index in [4.69, 9.17) is 0 Å². The summed E-state index contributed by atoms with van der Waals surface area (Å²) in [6, 6.07) is 8.28. The summed E-state index contributed by atoms with van der Waals surface area (Å²) in [5.41, 5.74) is 3.72. The zero-order valence-electron chi connectivity index (χ0n) is 11.5. The maximum Gasteiger partial charge on any atom is 0.183 e. The highest BCUT2D eigenvalue weighted by atomic mass is 15.4. The third-order valence-corrected chi connectivity index (χ3v) is 3.22. The first-order chi connectivity index (χ1) is 9.81. The highest BCUT2D eigenvalue weighted by Crippen LogP contribution is 2.21. The van der Waals surface area contributed by atoms with Crippen molar-refractivity contribution in [3.63, 3.8) is 0 Å². The van der Waals surface area contributed by atoms with Crippen LogP contribution in [0.4, 0.5) is 11.5 Å². The molecule has 102 valence electrons. The van der Waals surface area contributed by atoms with Gasteiger partial charge in [-0.3, -0.25) is 0 Å². The Balaban J connectivity index is 1.95. The van der Waals surface area contributed by atoms with E-state index in [1.807, 2.05) is 19.1 Å². The van der Waals surface area contributed by atoms with Crippen molar-refractivity contribution in [3.8, 4) is 0 Å². The zero-order valence-corrected chi connectivity index (χ0v) is 11.5. The van der Waals surface area contributed by atoms with Gasteiger partial charge in [-0.15, -0.1) is 5.10 Å². The highest BCUT2D eigenvalue weighted by Gasteiger charge is 2.10. The second-order valence-electron chi connectivity index (χ2n) is 4.48. The Morgan fingerprint density at radius 3 is 2.60 bits per heavy atom. The Kier molecular flexibility index (Phi) is 3.28. The molecule has 0 amide bonds. The van der Waals surface area contributed by atoms with Crippen LogP contribution < -0.4 is 5.32 Å². The quantitative estimate of drug-likeness (QED) is 0.787. The van der Waals surface area contributed by atoms with Crippen molar-refractivity contribution in [2.24, 2.45) is 0 Å². The van der Waals surface area contributed by atoms with E-state index < -0.39 is 0 Å². The van der Waals surface area contributed by atoms with Crippen LogP contribution in [0.2, 0.25) is 0 Å². The van der Waals surface area contributed by atoms with Gasteiger partial charge < -0.3 is 5.32 Å². The Hall–Kier alpha value is -2.50. The largest absolute Gasteiger partial charge is 0.338 e. The van der Waals surface area contributed by atoms with Gasteiger partial charge in [-0.05, 0) is 31.0 Å². The number of fused-ring (bicyclic) bond motifs is 1. The molecule has 0 aliphatic rings. The topological polar surface area (TPSA) is 68.5 Å². The smallest absolute Gasteiger partial charge is 0.183 e. The molecule has 0 aliphatic carbocycles. The normalized spacial score (nSPS) is 10.9. The summed E-state index contributed by atoms with van der Waals surface area (Å²) in [4.78, 5) is 8.48. The number of nitrogens with zero attached hydrogens (tertiary/aromatic N) is 5. The minimum atomic E-state index is 0.680.